The number of ether oxygens (including phenoxy) is 1. The number of amides is 2. The summed E-state index contributed by atoms with van der Waals surface area (Å²) in [5.74, 6) is 0.191. The van der Waals surface area contributed by atoms with Gasteiger partial charge in [0.25, 0.3) is 5.91 Å². The van der Waals surface area contributed by atoms with Gasteiger partial charge >= 0.3 is 0 Å². The fourth-order valence-electron chi connectivity index (χ4n) is 2.66. The lowest BCUT2D eigenvalue weighted by molar-refractivity contribution is -0.142. The van der Waals surface area contributed by atoms with Crippen molar-refractivity contribution in [3.63, 3.8) is 0 Å². The molecule has 0 heterocycles. The first-order valence-corrected chi connectivity index (χ1v) is 8.66. The molecule has 5 heteroatoms. The number of carbonyl (C=O) groups is 2. The average molecular weight is 354 g/mol. The zero-order valence-electron chi connectivity index (χ0n) is 15.8. The Hall–Kier alpha value is -2.82. The molecule has 0 unspecified atom stereocenters. The van der Waals surface area contributed by atoms with Gasteiger partial charge in [-0.1, -0.05) is 47.5 Å². The van der Waals surface area contributed by atoms with E-state index in [1.165, 1.54) is 0 Å². The molecule has 0 saturated carbocycles. The molecule has 0 radical (unpaired) electrons. The number of hydrogen-bond donors (Lipinski definition) is 1. The van der Waals surface area contributed by atoms with Gasteiger partial charge in [0.1, 0.15) is 11.8 Å². The molecule has 26 heavy (non-hydrogen) atoms. The van der Waals surface area contributed by atoms with Gasteiger partial charge in [0.15, 0.2) is 6.61 Å². The number of nitrogens with zero attached hydrogens (tertiary/aromatic N) is 1. The lowest BCUT2D eigenvalue weighted by Gasteiger charge is -2.28. The maximum Gasteiger partial charge on any atom is 0.261 e. The van der Waals surface area contributed by atoms with Crippen LogP contribution in [0.1, 0.15) is 23.6 Å². The molecule has 0 aliphatic heterocycles. The van der Waals surface area contributed by atoms with E-state index in [9.17, 15) is 9.59 Å². The number of rotatable bonds is 7. The van der Waals surface area contributed by atoms with E-state index < -0.39 is 6.04 Å². The molecule has 1 atom stereocenters. The first-order chi connectivity index (χ1) is 12.4. The van der Waals surface area contributed by atoms with Gasteiger partial charge in [0.2, 0.25) is 5.91 Å². The maximum atomic E-state index is 12.8. The van der Waals surface area contributed by atoms with Crippen LogP contribution in [0.25, 0.3) is 0 Å². The molecule has 2 rings (SSSR count). The normalized spacial score (nSPS) is 11.5. The fraction of sp³-hybridized carbons (Fsp3) is 0.333. The summed E-state index contributed by atoms with van der Waals surface area (Å²) >= 11 is 0. The van der Waals surface area contributed by atoms with E-state index in [0.717, 1.165) is 16.7 Å². The number of benzene rings is 2. The summed E-state index contributed by atoms with van der Waals surface area (Å²) in [5.41, 5.74) is 3.21. The first-order valence-electron chi connectivity index (χ1n) is 8.66. The highest BCUT2D eigenvalue weighted by Gasteiger charge is 2.25. The van der Waals surface area contributed by atoms with Crippen molar-refractivity contribution in [2.45, 2.75) is 33.4 Å². The van der Waals surface area contributed by atoms with Crippen LogP contribution >= 0.6 is 0 Å². The molecule has 0 aliphatic rings. The van der Waals surface area contributed by atoms with Crippen molar-refractivity contribution in [3.05, 3.63) is 65.2 Å². The Morgan fingerprint density at radius 3 is 2.38 bits per heavy atom. The summed E-state index contributed by atoms with van der Waals surface area (Å²) in [4.78, 5) is 26.4. The second-order valence-electron chi connectivity index (χ2n) is 6.40. The highest BCUT2D eigenvalue weighted by Crippen LogP contribution is 2.14. The van der Waals surface area contributed by atoms with Crippen molar-refractivity contribution >= 4 is 11.8 Å². The van der Waals surface area contributed by atoms with Crippen molar-refractivity contribution in [1.29, 1.82) is 0 Å². The van der Waals surface area contributed by atoms with Gasteiger partial charge in [-0.3, -0.25) is 9.59 Å². The minimum Gasteiger partial charge on any atom is -0.484 e. The zero-order chi connectivity index (χ0) is 19.1. The van der Waals surface area contributed by atoms with Crippen LogP contribution in [-0.2, 0) is 16.1 Å². The largest absolute Gasteiger partial charge is 0.484 e. The molecule has 5 nitrogen and oxygen atoms in total. The predicted molar refractivity (Wildman–Crippen MR) is 102 cm³/mol. The molecule has 0 spiro atoms. The van der Waals surface area contributed by atoms with Crippen molar-refractivity contribution in [2.24, 2.45) is 0 Å². The highest BCUT2D eigenvalue weighted by molar-refractivity contribution is 5.87. The van der Waals surface area contributed by atoms with Crippen LogP contribution in [0.3, 0.4) is 0 Å². The van der Waals surface area contributed by atoms with Gasteiger partial charge in [-0.05, 0) is 38.5 Å². The molecule has 0 aromatic heterocycles. The summed E-state index contributed by atoms with van der Waals surface area (Å²) in [5, 5.41) is 2.60. The van der Waals surface area contributed by atoms with E-state index in [4.69, 9.17) is 4.74 Å². The third-order valence-corrected chi connectivity index (χ3v) is 4.23. The number of aryl methyl sites for hydroxylation is 2. The Balaban J connectivity index is 2.12. The molecule has 0 saturated heterocycles. The monoisotopic (exact) mass is 354 g/mol. The van der Waals surface area contributed by atoms with Crippen LogP contribution < -0.4 is 10.1 Å². The van der Waals surface area contributed by atoms with E-state index in [1.54, 1.807) is 18.9 Å². The topological polar surface area (TPSA) is 58.6 Å². The summed E-state index contributed by atoms with van der Waals surface area (Å²) in [6.45, 7) is 5.95. The summed E-state index contributed by atoms with van der Waals surface area (Å²) in [6.07, 6.45) is 0. The molecule has 2 amide bonds. The number of likely N-dealkylation sites (N-methyl/N-ethyl adjacent to an activating group) is 1. The van der Waals surface area contributed by atoms with Crippen LogP contribution in [0.2, 0.25) is 0 Å². The quantitative estimate of drug-likeness (QED) is 0.832. The van der Waals surface area contributed by atoms with Gasteiger partial charge in [0.05, 0.1) is 0 Å². The molecular weight excluding hydrogens is 328 g/mol. The zero-order valence-corrected chi connectivity index (χ0v) is 15.8. The molecule has 0 fully saturated rings. The Kier molecular flexibility index (Phi) is 6.78. The third-order valence-electron chi connectivity index (χ3n) is 4.23. The van der Waals surface area contributed by atoms with Crippen LogP contribution in [0.5, 0.6) is 5.75 Å². The molecular formula is C21H26N2O3. The summed E-state index contributed by atoms with van der Waals surface area (Å²) < 4.78 is 5.61. The average Bonchev–Trinajstić information content (AvgIpc) is 2.64. The smallest absolute Gasteiger partial charge is 0.261 e. The SMILES string of the molecule is CNC(=O)[C@@H](C)N(Cc1cccc(C)c1)C(=O)COc1ccc(C)cc1. The standard InChI is InChI=1S/C21H26N2O3/c1-15-8-10-19(11-9-15)26-14-20(24)23(17(3)21(25)22-4)13-18-7-5-6-16(2)12-18/h5-12,17H,13-14H2,1-4H3,(H,22,25)/t17-/m1/s1. The van der Waals surface area contributed by atoms with Gasteiger partial charge in [0, 0.05) is 13.6 Å². The van der Waals surface area contributed by atoms with Gasteiger partial charge in [-0.2, -0.15) is 0 Å². The minimum absolute atomic E-state index is 0.115. The Bertz CT molecular complexity index is 756. The van der Waals surface area contributed by atoms with Crippen molar-refractivity contribution < 1.29 is 14.3 Å². The van der Waals surface area contributed by atoms with E-state index in [-0.39, 0.29) is 18.4 Å². The van der Waals surface area contributed by atoms with E-state index >= 15 is 0 Å². The van der Waals surface area contributed by atoms with Gasteiger partial charge in [-0.25, -0.2) is 0 Å². The number of hydrogen-bond acceptors (Lipinski definition) is 3. The Morgan fingerprint density at radius 1 is 1.08 bits per heavy atom. The van der Waals surface area contributed by atoms with Gasteiger partial charge < -0.3 is 15.0 Å². The highest BCUT2D eigenvalue weighted by atomic mass is 16.5. The van der Waals surface area contributed by atoms with E-state index in [1.807, 2.05) is 62.4 Å². The molecule has 2 aromatic carbocycles. The first kappa shape index (κ1) is 19.5. The van der Waals surface area contributed by atoms with Crippen molar-refractivity contribution in [2.75, 3.05) is 13.7 Å². The Morgan fingerprint density at radius 2 is 1.77 bits per heavy atom. The lowest BCUT2D eigenvalue weighted by atomic mass is 10.1. The van der Waals surface area contributed by atoms with Crippen molar-refractivity contribution in [1.82, 2.24) is 10.2 Å². The second-order valence-corrected chi connectivity index (χ2v) is 6.40. The molecule has 0 aliphatic carbocycles. The van der Waals surface area contributed by atoms with Crippen LogP contribution in [0.15, 0.2) is 48.5 Å². The van der Waals surface area contributed by atoms with Crippen LogP contribution in [0.4, 0.5) is 0 Å². The predicted octanol–water partition coefficient (Wildman–Crippen LogP) is 2.85. The minimum atomic E-state index is -0.588. The molecule has 1 N–H and O–H groups in total. The van der Waals surface area contributed by atoms with Crippen LogP contribution in [0, 0.1) is 13.8 Å². The lowest BCUT2D eigenvalue weighted by Crippen LogP contribution is -2.48. The van der Waals surface area contributed by atoms with Crippen LogP contribution in [-0.4, -0.2) is 36.4 Å². The fourth-order valence-corrected chi connectivity index (χ4v) is 2.66. The summed E-state index contributed by atoms with van der Waals surface area (Å²) in [7, 11) is 1.57. The maximum absolute atomic E-state index is 12.8. The molecule has 0 bridgehead atoms. The number of nitrogens with one attached hydrogen (secondary N) is 1. The molecule has 138 valence electrons. The third kappa shape index (κ3) is 5.34. The Labute approximate surface area is 155 Å². The van der Waals surface area contributed by atoms with Gasteiger partial charge in [-0.15, -0.1) is 0 Å². The molecule has 2 aromatic rings. The van der Waals surface area contributed by atoms with E-state index in [2.05, 4.69) is 5.32 Å². The summed E-state index contributed by atoms with van der Waals surface area (Å²) in [6, 6.07) is 14.8. The second kappa shape index (κ2) is 9.04. The van der Waals surface area contributed by atoms with Crippen molar-refractivity contribution in [3.8, 4) is 5.75 Å². The number of carbonyl (C=O) groups excluding carboxylic acids is 2. The van der Waals surface area contributed by atoms with E-state index in [0.29, 0.717) is 12.3 Å².